The number of nitrogens with zero attached hydrogens (tertiary/aromatic N) is 1. The molecule has 94 valence electrons. The molecule has 1 aliphatic carbocycles. The van der Waals surface area contributed by atoms with E-state index in [-0.39, 0.29) is 0 Å². The molecular formula is C14H28N2. The molecule has 2 rings (SSSR count). The Hall–Kier alpha value is -0.0800. The SMILES string of the molecule is CCN1CCC(CNC(C)C2CCCC2)C1. The minimum Gasteiger partial charge on any atom is -0.314 e. The van der Waals surface area contributed by atoms with Gasteiger partial charge in [0, 0.05) is 12.6 Å². The zero-order valence-electron chi connectivity index (χ0n) is 11.0. The van der Waals surface area contributed by atoms with Crippen LogP contribution in [0.1, 0.15) is 46.0 Å². The molecule has 1 saturated carbocycles. The Kier molecular flexibility index (Phi) is 4.66. The molecule has 0 bridgehead atoms. The van der Waals surface area contributed by atoms with Crippen LogP contribution in [-0.2, 0) is 0 Å². The molecule has 1 N–H and O–H groups in total. The highest BCUT2D eigenvalue weighted by atomic mass is 15.1. The highest BCUT2D eigenvalue weighted by molar-refractivity contribution is 4.81. The van der Waals surface area contributed by atoms with Crippen LogP contribution in [0.2, 0.25) is 0 Å². The van der Waals surface area contributed by atoms with Gasteiger partial charge in [-0.25, -0.2) is 0 Å². The average Bonchev–Trinajstić information content (AvgIpc) is 2.96. The van der Waals surface area contributed by atoms with Crippen molar-refractivity contribution < 1.29 is 0 Å². The van der Waals surface area contributed by atoms with E-state index in [0.29, 0.717) is 0 Å². The van der Waals surface area contributed by atoms with Crippen LogP contribution in [0.5, 0.6) is 0 Å². The van der Waals surface area contributed by atoms with Crippen molar-refractivity contribution in [3.8, 4) is 0 Å². The molecule has 2 unspecified atom stereocenters. The van der Waals surface area contributed by atoms with Gasteiger partial charge >= 0.3 is 0 Å². The summed E-state index contributed by atoms with van der Waals surface area (Å²) >= 11 is 0. The van der Waals surface area contributed by atoms with Gasteiger partial charge in [0.25, 0.3) is 0 Å². The second-order valence-corrected chi connectivity index (χ2v) is 5.79. The largest absolute Gasteiger partial charge is 0.314 e. The number of nitrogens with one attached hydrogen (secondary N) is 1. The second kappa shape index (κ2) is 6.02. The van der Waals surface area contributed by atoms with Gasteiger partial charge in [-0.2, -0.15) is 0 Å². The maximum atomic E-state index is 3.78. The Morgan fingerprint density at radius 1 is 1.25 bits per heavy atom. The van der Waals surface area contributed by atoms with Crippen molar-refractivity contribution in [1.82, 2.24) is 10.2 Å². The number of hydrogen-bond acceptors (Lipinski definition) is 2. The summed E-state index contributed by atoms with van der Waals surface area (Å²) in [5, 5.41) is 3.78. The van der Waals surface area contributed by atoms with Gasteiger partial charge in [-0.05, 0) is 57.7 Å². The predicted octanol–water partition coefficient (Wildman–Crippen LogP) is 2.50. The van der Waals surface area contributed by atoms with Gasteiger partial charge < -0.3 is 10.2 Å². The van der Waals surface area contributed by atoms with Gasteiger partial charge in [0.15, 0.2) is 0 Å². The molecule has 2 aliphatic rings. The molecule has 0 aromatic heterocycles. The molecule has 0 aromatic rings. The average molecular weight is 224 g/mol. The summed E-state index contributed by atoms with van der Waals surface area (Å²) in [5.74, 6) is 1.87. The summed E-state index contributed by atoms with van der Waals surface area (Å²) in [7, 11) is 0. The summed E-state index contributed by atoms with van der Waals surface area (Å²) in [6, 6.07) is 0.748. The molecule has 2 heteroatoms. The molecule has 2 fully saturated rings. The van der Waals surface area contributed by atoms with E-state index in [1.54, 1.807) is 0 Å². The van der Waals surface area contributed by atoms with E-state index in [1.807, 2.05) is 0 Å². The monoisotopic (exact) mass is 224 g/mol. The molecule has 0 radical (unpaired) electrons. The molecule has 2 nitrogen and oxygen atoms in total. The highest BCUT2D eigenvalue weighted by Crippen LogP contribution is 2.27. The van der Waals surface area contributed by atoms with E-state index in [1.165, 1.54) is 58.3 Å². The van der Waals surface area contributed by atoms with Crippen LogP contribution in [0.4, 0.5) is 0 Å². The third kappa shape index (κ3) is 3.21. The van der Waals surface area contributed by atoms with Crippen LogP contribution in [0.3, 0.4) is 0 Å². The lowest BCUT2D eigenvalue weighted by molar-refractivity contribution is 0.321. The van der Waals surface area contributed by atoms with Gasteiger partial charge in [0.2, 0.25) is 0 Å². The van der Waals surface area contributed by atoms with E-state index in [0.717, 1.165) is 17.9 Å². The van der Waals surface area contributed by atoms with E-state index < -0.39 is 0 Å². The van der Waals surface area contributed by atoms with Crippen molar-refractivity contribution in [2.75, 3.05) is 26.2 Å². The van der Waals surface area contributed by atoms with Crippen LogP contribution in [0.15, 0.2) is 0 Å². The third-order valence-electron chi connectivity index (χ3n) is 4.65. The van der Waals surface area contributed by atoms with Crippen molar-refractivity contribution in [1.29, 1.82) is 0 Å². The first-order valence-corrected chi connectivity index (χ1v) is 7.25. The number of hydrogen-bond donors (Lipinski definition) is 1. The van der Waals surface area contributed by atoms with Gasteiger partial charge in [-0.1, -0.05) is 19.8 Å². The number of likely N-dealkylation sites (tertiary alicyclic amines) is 1. The second-order valence-electron chi connectivity index (χ2n) is 5.79. The fourth-order valence-electron chi connectivity index (χ4n) is 3.34. The molecule has 0 amide bonds. The lowest BCUT2D eigenvalue weighted by Gasteiger charge is -2.22. The van der Waals surface area contributed by atoms with E-state index >= 15 is 0 Å². The van der Waals surface area contributed by atoms with Gasteiger partial charge in [0.1, 0.15) is 0 Å². The van der Waals surface area contributed by atoms with Crippen molar-refractivity contribution in [3.05, 3.63) is 0 Å². The maximum Gasteiger partial charge on any atom is 0.00671 e. The summed E-state index contributed by atoms with van der Waals surface area (Å²) in [6.07, 6.45) is 7.24. The Bertz CT molecular complexity index is 199. The smallest absolute Gasteiger partial charge is 0.00671 e. The topological polar surface area (TPSA) is 15.3 Å². The van der Waals surface area contributed by atoms with Gasteiger partial charge in [-0.15, -0.1) is 0 Å². The molecular weight excluding hydrogens is 196 g/mol. The fraction of sp³-hybridized carbons (Fsp3) is 1.00. The molecule has 1 heterocycles. The minimum atomic E-state index is 0.748. The summed E-state index contributed by atoms with van der Waals surface area (Å²) < 4.78 is 0. The standard InChI is InChI=1S/C14H28N2/c1-3-16-9-8-13(11-16)10-15-12(2)14-6-4-5-7-14/h12-15H,3-11H2,1-2H3. The molecule has 0 aromatic carbocycles. The van der Waals surface area contributed by atoms with E-state index in [9.17, 15) is 0 Å². The van der Waals surface area contributed by atoms with E-state index in [2.05, 4.69) is 24.1 Å². The minimum absolute atomic E-state index is 0.748. The van der Waals surface area contributed by atoms with Gasteiger partial charge in [0.05, 0.1) is 0 Å². The third-order valence-corrected chi connectivity index (χ3v) is 4.65. The quantitative estimate of drug-likeness (QED) is 0.772. The van der Waals surface area contributed by atoms with Crippen LogP contribution >= 0.6 is 0 Å². The normalized spacial score (nSPS) is 30.0. The van der Waals surface area contributed by atoms with Crippen LogP contribution in [0.25, 0.3) is 0 Å². The molecule has 16 heavy (non-hydrogen) atoms. The lowest BCUT2D eigenvalue weighted by atomic mass is 9.99. The highest BCUT2D eigenvalue weighted by Gasteiger charge is 2.24. The Morgan fingerprint density at radius 2 is 2.00 bits per heavy atom. The van der Waals surface area contributed by atoms with Gasteiger partial charge in [-0.3, -0.25) is 0 Å². The summed E-state index contributed by atoms with van der Waals surface area (Å²) in [4.78, 5) is 2.58. The van der Waals surface area contributed by atoms with Crippen molar-refractivity contribution >= 4 is 0 Å². The van der Waals surface area contributed by atoms with Crippen LogP contribution in [-0.4, -0.2) is 37.1 Å². The van der Waals surface area contributed by atoms with Crippen molar-refractivity contribution in [3.63, 3.8) is 0 Å². The van der Waals surface area contributed by atoms with E-state index in [4.69, 9.17) is 0 Å². The summed E-state index contributed by atoms with van der Waals surface area (Å²) in [5.41, 5.74) is 0. The number of rotatable bonds is 5. The Morgan fingerprint density at radius 3 is 2.62 bits per heavy atom. The molecule has 1 saturated heterocycles. The summed E-state index contributed by atoms with van der Waals surface area (Å²) in [6.45, 7) is 9.78. The van der Waals surface area contributed by atoms with Crippen molar-refractivity contribution in [2.24, 2.45) is 11.8 Å². The predicted molar refractivity (Wildman–Crippen MR) is 69.6 cm³/mol. The van der Waals surface area contributed by atoms with Crippen LogP contribution in [0, 0.1) is 11.8 Å². The first kappa shape index (κ1) is 12.4. The van der Waals surface area contributed by atoms with Crippen LogP contribution < -0.4 is 5.32 Å². The molecule has 0 spiro atoms. The first-order valence-electron chi connectivity index (χ1n) is 7.25. The Labute approximate surface area is 101 Å². The molecule has 1 aliphatic heterocycles. The maximum absolute atomic E-state index is 3.78. The molecule has 2 atom stereocenters. The van der Waals surface area contributed by atoms with Crippen molar-refractivity contribution in [2.45, 2.75) is 52.0 Å². The zero-order valence-corrected chi connectivity index (χ0v) is 11.0. The fourth-order valence-corrected chi connectivity index (χ4v) is 3.34. The first-order chi connectivity index (χ1) is 7.79. The lowest BCUT2D eigenvalue weighted by Crippen LogP contribution is -2.36. The Balaban J connectivity index is 1.63. The zero-order chi connectivity index (χ0) is 11.4.